The summed E-state index contributed by atoms with van der Waals surface area (Å²) in [7, 11) is 3.81. The lowest BCUT2D eigenvalue weighted by Crippen LogP contribution is -2.48. The molecule has 0 saturated carbocycles. The number of methoxy groups -OCH3 is 1. The fourth-order valence-electron chi connectivity index (χ4n) is 3.93. The fourth-order valence-corrected chi connectivity index (χ4v) is 3.93. The Morgan fingerprint density at radius 3 is 2.96 bits per heavy atom. The number of carbonyl (C=O) groups is 1. The quantitative estimate of drug-likeness (QED) is 0.888. The van der Waals surface area contributed by atoms with Crippen LogP contribution >= 0.6 is 0 Å². The zero-order valence-electron chi connectivity index (χ0n) is 16.0. The number of nitrogens with zero attached hydrogens (tertiary/aromatic N) is 2. The second-order valence-electron chi connectivity index (χ2n) is 7.56. The predicted molar refractivity (Wildman–Crippen MR) is 101 cm³/mol. The van der Waals surface area contributed by atoms with Crippen molar-refractivity contribution in [2.45, 2.75) is 44.2 Å². The van der Waals surface area contributed by atoms with Gasteiger partial charge >= 0.3 is 0 Å². The molecule has 6 nitrogen and oxygen atoms in total. The minimum atomic E-state index is -0.316. The van der Waals surface area contributed by atoms with Gasteiger partial charge in [0, 0.05) is 31.5 Å². The number of benzene rings is 1. The Morgan fingerprint density at radius 1 is 1.35 bits per heavy atom. The molecule has 0 radical (unpaired) electrons. The molecule has 144 valence electrons. The Kier molecular flexibility index (Phi) is 6.04. The minimum Gasteiger partial charge on any atom is -0.497 e. The van der Waals surface area contributed by atoms with Crippen LogP contribution < -0.4 is 15.2 Å². The van der Waals surface area contributed by atoms with E-state index < -0.39 is 0 Å². The first kappa shape index (κ1) is 19.0. The third kappa shape index (κ3) is 4.30. The monoisotopic (exact) mass is 361 g/mol. The highest BCUT2D eigenvalue weighted by molar-refractivity contribution is 5.76. The molecule has 6 heteroatoms. The molecule has 0 aromatic heterocycles. The van der Waals surface area contributed by atoms with E-state index in [4.69, 9.17) is 15.2 Å². The number of carbonyl (C=O) groups excluding carboxylic acids is 1. The van der Waals surface area contributed by atoms with Crippen LogP contribution in [0.4, 0.5) is 0 Å². The van der Waals surface area contributed by atoms with Gasteiger partial charge in [0.1, 0.15) is 17.1 Å². The first-order valence-electron chi connectivity index (χ1n) is 9.57. The van der Waals surface area contributed by atoms with Crippen LogP contribution in [0.2, 0.25) is 0 Å². The number of hydrogen-bond donors (Lipinski definition) is 1. The van der Waals surface area contributed by atoms with Gasteiger partial charge in [0.15, 0.2) is 0 Å². The van der Waals surface area contributed by atoms with Crippen molar-refractivity contribution in [1.29, 1.82) is 0 Å². The standard InChI is InChI=1S/C20H31N3O3/c1-22-11-4-8-20(9-12-22)15-23(19(24)5-3-10-21)14-16-13-17(25-2)6-7-18(16)26-20/h6-7,13H,3-5,8-12,14-15,21H2,1-2H3/t20-/m1/s1. The number of fused-ring (bicyclic) bond motifs is 1. The van der Waals surface area contributed by atoms with Crippen LogP contribution in [-0.2, 0) is 11.3 Å². The molecule has 2 aliphatic heterocycles. The van der Waals surface area contributed by atoms with Crippen LogP contribution in [0.3, 0.4) is 0 Å². The van der Waals surface area contributed by atoms with Crippen LogP contribution in [0, 0.1) is 0 Å². The van der Waals surface area contributed by atoms with Crippen molar-refractivity contribution in [2.75, 3.05) is 40.3 Å². The molecule has 0 bridgehead atoms. The van der Waals surface area contributed by atoms with Gasteiger partial charge in [-0.05, 0) is 57.6 Å². The Bertz CT molecular complexity index is 637. The first-order chi connectivity index (χ1) is 12.5. The van der Waals surface area contributed by atoms with E-state index in [0.29, 0.717) is 26.1 Å². The maximum atomic E-state index is 12.8. The van der Waals surface area contributed by atoms with Crippen LogP contribution in [-0.4, -0.2) is 61.6 Å². The van der Waals surface area contributed by atoms with E-state index >= 15 is 0 Å². The van der Waals surface area contributed by atoms with Crippen LogP contribution in [0.15, 0.2) is 18.2 Å². The number of ether oxygens (including phenoxy) is 2. The summed E-state index contributed by atoms with van der Waals surface area (Å²) < 4.78 is 12.0. The highest BCUT2D eigenvalue weighted by Gasteiger charge is 2.40. The molecule has 1 fully saturated rings. The number of amides is 1. The lowest BCUT2D eigenvalue weighted by atomic mass is 9.93. The van der Waals surface area contributed by atoms with Crippen molar-refractivity contribution in [3.8, 4) is 11.5 Å². The number of nitrogens with two attached hydrogens (primary N) is 1. The molecule has 2 N–H and O–H groups in total. The maximum absolute atomic E-state index is 12.8. The summed E-state index contributed by atoms with van der Waals surface area (Å²) in [5.74, 6) is 1.83. The van der Waals surface area contributed by atoms with Gasteiger partial charge in [-0.25, -0.2) is 0 Å². The molecule has 1 atom stereocenters. The number of hydrogen-bond acceptors (Lipinski definition) is 5. The first-order valence-corrected chi connectivity index (χ1v) is 9.57. The van der Waals surface area contributed by atoms with E-state index in [1.807, 2.05) is 23.1 Å². The Balaban J connectivity index is 1.92. The van der Waals surface area contributed by atoms with Gasteiger partial charge in [-0.2, -0.15) is 0 Å². The van der Waals surface area contributed by atoms with Crippen LogP contribution in [0.1, 0.15) is 37.7 Å². The molecule has 2 heterocycles. The largest absolute Gasteiger partial charge is 0.497 e. The van der Waals surface area contributed by atoms with Gasteiger partial charge in [0.2, 0.25) is 5.91 Å². The molecule has 1 saturated heterocycles. The second kappa shape index (κ2) is 8.27. The number of likely N-dealkylation sites (tertiary alicyclic amines) is 1. The average molecular weight is 361 g/mol. The Labute approximate surface area is 156 Å². The van der Waals surface area contributed by atoms with E-state index in [1.165, 1.54) is 0 Å². The zero-order chi connectivity index (χ0) is 18.6. The summed E-state index contributed by atoms with van der Waals surface area (Å²) in [6.07, 6.45) is 4.18. The van der Waals surface area contributed by atoms with E-state index in [0.717, 1.165) is 55.8 Å². The average Bonchev–Trinajstić information content (AvgIpc) is 2.92. The molecular weight excluding hydrogens is 330 g/mol. The van der Waals surface area contributed by atoms with Crippen molar-refractivity contribution in [3.05, 3.63) is 23.8 Å². The van der Waals surface area contributed by atoms with Gasteiger partial charge in [0.25, 0.3) is 0 Å². The summed E-state index contributed by atoms with van der Waals surface area (Å²) in [5.41, 5.74) is 6.30. The molecule has 1 aromatic carbocycles. The zero-order valence-corrected chi connectivity index (χ0v) is 16.0. The van der Waals surface area contributed by atoms with Crippen LogP contribution in [0.25, 0.3) is 0 Å². The van der Waals surface area contributed by atoms with E-state index in [-0.39, 0.29) is 11.5 Å². The van der Waals surface area contributed by atoms with Gasteiger partial charge in [0.05, 0.1) is 13.7 Å². The molecular formula is C20H31N3O3. The predicted octanol–water partition coefficient (Wildman–Crippen LogP) is 2.01. The van der Waals surface area contributed by atoms with Gasteiger partial charge < -0.3 is 25.0 Å². The van der Waals surface area contributed by atoms with Crippen molar-refractivity contribution in [2.24, 2.45) is 5.73 Å². The summed E-state index contributed by atoms with van der Waals surface area (Å²) in [5, 5.41) is 0. The Morgan fingerprint density at radius 2 is 2.19 bits per heavy atom. The maximum Gasteiger partial charge on any atom is 0.223 e. The van der Waals surface area contributed by atoms with Gasteiger partial charge in [-0.3, -0.25) is 4.79 Å². The highest BCUT2D eigenvalue weighted by atomic mass is 16.5. The highest BCUT2D eigenvalue weighted by Crippen LogP contribution is 2.37. The van der Waals surface area contributed by atoms with Crippen molar-refractivity contribution in [3.63, 3.8) is 0 Å². The topological polar surface area (TPSA) is 68.0 Å². The third-order valence-corrected chi connectivity index (χ3v) is 5.50. The summed E-state index contributed by atoms with van der Waals surface area (Å²) in [6, 6.07) is 5.90. The normalized spacial score (nSPS) is 23.7. The summed E-state index contributed by atoms with van der Waals surface area (Å²) in [6.45, 7) is 3.79. The molecule has 1 spiro atoms. The van der Waals surface area contributed by atoms with Crippen molar-refractivity contribution < 1.29 is 14.3 Å². The van der Waals surface area contributed by atoms with Gasteiger partial charge in [-0.1, -0.05) is 0 Å². The van der Waals surface area contributed by atoms with E-state index in [1.54, 1.807) is 7.11 Å². The van der Waals surface area contributed by atoms with Crippen molar-refractivity contribution in [1.82, 2.24) is 9.80 Å². The fraction of sp³-hybridized carbons (Fsp3) is 0.650. The molecule has 3 rings (SSSR count). The molecule has 0 aliphatic carbocycles. The SMILES string of the molecule is COc1ccc2c(c1)CN(C(=O)CCCN)C[C@]1(CCCN(C)CC1)O2. The smallest absolute Gasteiger partial charge is 0.223 e. The molecule has 1 amide bonds. The van der Waals surface area contributed by atoms with E-state index in [9.17, 15) is 4.79 Å². The summed E-state index contributed by atoms with van der Waals surface area (Å²) >= 11 is 0. The number of rotatable bonds is 4. The van der Waals surface area contributed by atoms with Crippen LogP contribution in [0.5, 0.6) is 11.5 Å². The molecule has 0 unspecified atom stereocenters. The Hall–Kier alpha value is -1.79. The molecule has 1 aromatic rings. The van der Waals surface area contributed by atoms with E-state index in [2.05, 4.69) is 11.9 Å². The lowest BCUT2D eigenvalue weighted by molar-refractivity contribution is -0.134. The molecule has 2 aliphatic rings. The van der Waals surface area contributed by atoms with Crippen molar-refractivity contribution >= 4 is 5.91 Å². The minimum absolute atomic E-state index is 0.159. The van der Waals surface area contributed by atoms with Gasteiger partial charge in [-0.15, -0.1) is 0 Å². The lowest BCUT2D eigenvalue weighted by Gasteiger charge is -2.35. The second-order valence-corrected chi connectivity index (χ2v) is 7.56. The molecule has 26 heavy (non-hydrogen) atoms. The summed E-state index contributed by atoms with van der Waals surface area (Å²) in [4.78, 5) is 17.1. The third-order valence-electron chi connectivity index (χ3n) is 5.50.